The maximum Gasteiger partial charge on any atom is 0.338 e. The second-order valence-corrected chi connectivity index (χ2v) is 7.99. The molecule has 24 heavy (non-hydrogen) atoms. The first-order valence-electron chi connectivity index (χ1n) is 7.32. The summed E-state index contributed by atoms with van der Waals surface area (Å²) in [5.74, 6) is 0.266. The number of carbonyl (C=O) groups is 1. The second-order valence-electron chi connectivity index (χ2n) is 5.00. The molecule has 2 aromatic rings. The summed E-state index contributed by atoms with van der Waals surface area (Å²) in [6, 6.07) is 11.6. The number of carbonyl (C=O) groups excluding carboxylic acids is 1. The molecule has 0 aliphatic rings. The molecule has 0 bridgehead atoms. The minimum atomic E-state index is -3.81. The lowest BCUT2D eigenvalue weighted by molar-refractivity contribution is 0.0599. The maximum absolute atomic E-state index is 12.7. The van der Waals surface area contributed by atoms with Crippen LogP contribution in [0.15, 0.2) is 52.3 Å². The van der Waals surface area contributed by atoms with E-state index >= 15 is 0 Å². The third kappa shape index (κ3) is 4.10. The van der Waals surface area contributed by atoms with Crippen LogP contribution in [0.5, 0.6) is 0 Å². The molecule has 0 unspecified atom stereocenters. The minimum Gasteiger partial charge on any atom is -0.465 e. The third-order valence-corrected chi connectivity index (χ3v) is 5.67. The van der Waals surface area contributed by atoms with Crippen LogP contribution >= 0.6 is 11.8 Å². The van der Waals surface area contributed by atoms with Crippen molar-refractivity contribution in [3.8, 4) is 0 Å². The summed E-state index contributed by atoms with van der Waals surface area (Å²) in [6.45, 7) is 3.72. The van der Waals surface area contributed by atoms with Crippen LogP contribution in [0.1, 0.15) is 22.8 Å². The Balaban J connectivity index is 2.40. The Kier molecular flexibility index (Phi) is 5.90. The van der Waals surface area contributed by atoms with Crippen molar-refractivity contribution in [3.63, 3.8) is 0 Å². The van der Waals surface area contributed by atoms with E-state index in [1.807, 2.05) is 19.1 Å². The van der Waals surface area contributed by atoms with E-state index in [1.165, 1.54) is 19.2 Å². The Hall–Kier alpha value is -1.99. The van der Waals surface area contributed by atoms with Gasteiger partial charge in [-0.15, -0.1) is 11.8 Å². The standard InChI is InChI=1S/C17H19NO4S2/c1-4-23-16-8-6-5-7-15(16)18-24(20,21)13-10-9-12(2)14(11-13)17(19)22-3/h5-11,18H,4H2,1-3H3. The Labute approximate surface area is 146 Å². The molecule has 0 radical (unpaired) electrons. The SMILES string of the molecule is CCSc1ccccc1NS(=O)(=O)c1ccc(C)c(C(=O)OC)c1. The summed E-state index contributed by atoms with van der Waals surface area (Å²) in [4.78, 5) is 12.6. The number of anilines is 1. The monoisotopic (exact) mass is 365 g/mol. The summed E-state index contributed by atoms with van der Waals surface area (Å²) in [6.07, 6.45) is 0. The fourth-order valence-electron chi connectivity index (χ4n) is 2.13. The highest BCUT2D eigenvalue weighted by atomic mass is 32.2. The van der Waals surface area contributed by atoms with Crippen molar-refractivity contribution in [2.75, 3.05) is 17.6 Å². The molecule has 0 atom stereocenters. The number of aryl methyl sites for hydroxylation is 1. The Morgan fingerprint density at radius 3 is 2.58 bits per heavy atom. The number of esters is 1. The average Bonchev–Trinajstić information content (AvgIpc) is 2.56. The van der Waals surface area contributed by atoms with E-state index in [9.17, 15) is 13.2 Å². The molecule has 1 N–H and O–H groups in total. The molecular formula is C17H19NO4S2. The van der Waals surface area contributed by atoms with Crippen LogP contribution in [0, 0.1) is 6.92 Å². The molecule has 7 heteroatoms. The van der Waals surface area contributed by atoms with Gasteiger partial charge in [-0.05, 0) is 42.5 Å². The third-order valence-electron chi connectivity index (χ3n) is 3.36. The number of sulfonamides is 1. The Bertz CT molecular complexity index is 847. The van der Waals surface area contributed by atoms with Crippen LogP contribution in [0.25, 0.3) is 0 Å². The maximum atomic E-state index is 12.7. The first-order chi connectivity index (χ1) is 11.4. The van der Waals surface area contributed by atoms with E-state index in [1.54, 1.807) is 36.9 Å². The van der Waals surface area contributed by atoms with Gasteiger partial charge in [0.2, 0.25) is 0 Å². The minimum absolute atomic E-state index is 0.0183. The topological polar surface area (TPSA) is 72.5 Å². The van der Waals surface area contributed by atoms with Crippen molar-refractivity contribution < 1.29 is 17.9 Å². The van der Waals surface area contributed by atoms with E-state index in [-0.39, 0.29) is 10.5 Å². The lowest BCUT2D eigenvalue weighted by atomic mass is 10.1. The van der Waals surface area contributed by atoms with Gasteiger partial charge in [0.1, 0.15) is 0 Å². The largest absolute Gasteiger partial charge is 0.465 e. The molecule has 0 amide bonds. The number of ether oxygens (including phenoxy) is 1. The summed E-state index contributed by atoms with van der Waals surface area (Å²) >= 11 is 1.55. The van der Waals surface area contributed by atoms with Gasteiger partial charge in [-0.25, -0.2) is 13.2 Å². The van der Waals surface area contributed by atoms with Gasteiger partial charge in [-0.2, -0.15) is 0 Å². The summed E-state index contributed by atoms with van der Waals surface area (Å²) in [5, 5.41) is 0. The number of nitrogens with one attached hydrogen (secondary N) is 1. The number of rotatable bonds is 6. The van der Waals surface area contributed by atoms with Crippen LogP contribution in [0.3, 0.4) is 0 Å². The van der Waals surface area contributed by atoms with Crippen molar-refractivity contribution in [1.29, 1.82) is 0 Å². The zero-order chi connectivity index (χ0) is 17.7. The zero-order valence-corrected chi connectivity index (χ0v) is 15.3. The van der Waals surface area contributed by atoms with E-state index in [4.69, 9.17) is 4.74 Å². The van der Waals surface area contributed by atoms with Crippen LogP contribution in [0.2, 0.25) is 0 Å². The Morgan fingerprint density at radius 1 is 1.21 bits per heavy atom. The fraction of sp³-hybridized carbons (Fsp3) is 0.235. The number of benzene rings is 2. The second kappa shape index (κ2) is 7.72. The number of hydrogen-bond acceptors (Lipinski definition) is 5. The molecule has 0 saturated heterocycles. The van der Waals surface area contributed by atoms with Gasteiger partial charge in [0, 0.05) is 4.90 Å². The van der Waals surface area contributed by atoms with E-state index in [2.05, 4.69) is 4.72 Å². The molecular weight excluding hydrogens is 346 g/mol. The molecule has 5 nitrogen and oxygen atoms in total. The first kappa shape index (κ1) is 18.4. The van der Waals surface area contributed by atoms with E-state index < -0.39 is 16.0 Å². The van der Waals surface area contributed by atoms with Gasteiger partial charge in [0.15, 0.2) is 0 Å². The molecule has 2 rings (SSSR count). The lowest BCUT2D eigenvalue weighted by Crippen LogP contribution is -2.15. The van der Waals surface area contributed by atoms with Crippen LogP contribution in [0.4, 0.5) is 5.69 Å². The van der Waals surface area contributed by atoms with Crippen molar-refractivity contribution in [3.05, 3.63) is 53.6 Å². The van der Waals surface area contributed by atoms with Crippen LogP contribution < -0.4 is 4.72 Å². The molecule has 0 aromatic heterocycles. The van der Waals surface area contributed by atoms with Gasteiger partial charge in [0.05, 0.1) is 23.3 Å². The summed E-state index contributed by atoms with van der Waals surface area (Å²) < 4.78 is 32.6. The predicted octanol–water partition coefficient (Wildman–Crippen LogP) is 3.69. The Morgan fingerprint density at radius 2 is 1.92 bits per heavy atom. The summed E-state index contributed by atoms with van der Waals surface area (Å²) in [5.41, 5.74) is 1.41. The molecule has 0 spiro atoms. The molecule has 2 aromatic carbocycles. The zero-order valence-electron chi connectivity index (χ0n) is 13.7. The molecule has 0 aliphatic heterocycles. The van der Waals surface area contributed by atoms with Gasteiger partial charge >= 0.3 is 5.97 Å². The normalized spacial score (nSPS) is 11.1. The number of hydrogen-bond donors (Lipinski definition) is 1. The molecule has 128 valence electrons. The lowest BCUT2D eigenvalue weighted by Gasteiger charge is -2.13. The predicted molar refractivity (Wildman–Crippen MR) is 96.2 cm³/mol. The average molecular weight is 365 g/mol. The fourth-order valence-corrected chi connectivity index (χ4v) is 4.06. The number of para-hydroxylation sites is 1. The summed E-state index contributed by atoms with van der Waals surface area (Å²) in [7, 11) is -2.54. The number of methoxy groups -OCH3 is 1. The molecule has 0 saturated carbocycles. The van der Waals surface area contributed by atoms with Gasteiger partial charge in [-0.3, -0.25) is 4.72 Å². The molecule has 0 heterocycles. The van der Waals surface area contributed by atoms with Crippen molar-refractivity contribution >= 4 is 33.4 Å². The highest BCUT2D eigenvalue weighted by Gasteiger charge is 2.19. The number of thioether (sulfide) groups is 1. The van der Waals surface area contributed by atoms with Crippen molar-refractivity contribution in [2.45, 2.75) is 23.6 Å². The van der Waals surface area contributed by atoms with Gasteiger partial charge in [0.25, 0.3) is 10.0 Å². The van der Waals surface area contributed by atoms with Crippen LogP contribution in [-0.2, 0) is 14.8 Å². The van der Waals surface area contributed by atoms with Gasteiger partial charge in [-0.1, -0.05) is 25.1 Å². The quantitative estimate of drug-likeness (QED) is 0.624. The van der Waals surface area contributed by atoms with E-state index in [0.29, 0.717) is 11.3 Å². The van der Waals surface area contributed by atoms with Crippen molar-refractivity contribution in [2.24, 2.45) is 0 Å². The first-order valence-corrected chi connectivity index (χ1v) is 9.79. The van der Waals surface area contributed by atoms with E-state index in [0.717, 1.165) is 10.6 Å². The highest BCUT2D eigenvalue weighted by molar-refractivity contribution is 7.99. The highest BCUT2D eigenvalue weighted by Crippen LogP contribution is 2.29. The smallest absolute Gasteiger partial charge is 0.338 e. The van der Waals surface area contributed by atoms with Crippen molar-refractivity contribution in [1.82, 2.24) is 0 Å². The van der Waals surface area contributed by atoms with Crippen LogP contribution in [-0.4, -0.2) is 27.2 Å². The van der Waals surface area contributed by atoms with Gasteiger partial charge < -0.3 is 4.74 Å². The molecule has 0 fully saturated rings. The molecule has 0 aliphatic carbocycles.